The molecule has 1 fully saturated rings. The van der Waals surface area contributed by atoms with Crippen LogP contribution in [0.4, 0.5) is 29.3 Å². The van der Waals surface area contributed by atoms with Gasteiger partial charge in [0.2, 0.25) is 11.7 Å². The maximum atomic E-state index is 14.2. The summed E-state index contributed by atoms with van der Waals surface area (Å²) in [6, 6.07) is 0.881. The monoisotopic (exact) mass is 678 g/mol. The second kappa shape index (κ2) is 12.1. The van der Waals surface area contributed by atoms with Crippen LogP contribution < -0.4 is 15.8 Å². The van der Waals surface area contributed by atoms with Crippen LogP contribution in [0.1, 0.15) is 69.7 Å². The molecule has 6 rings (SSSR count). The smallest absolute Gasteiger partial charge is 0.433 e. The maximum Gasteiger partial charge on any atom is 0.433 e. The minimum Gasteiger partial charge on any atom is -0.444 e. The number of anilines is 2. The van der Waals surface area contributed by atoms with E-state index < -0.39 is 46.2 Å². The highest BCUT2D eigenvalue weighted by molar-refractivity contribution is 6.32. The summed E-state index contributed by atoms with van der Waals surface area (Å²) in [7, 11) is 0. The summed E-state index contributed by atoms with van der Waals surface area (Å²) in [6.45, 7) is 9.36. The number of pyridine rings is 1. The first-order valence-corrected chi connectivity index (χ1v) is 15.6. The van der Waals surface area contributed by atoms with Crippen molar-refractivity contribution in [1.82, 2.24) is 29.0 Å². The Bertz CT molecular complexity index is 1820. The van der Waals surface area contributed by atoms with E-state index in [4.69, 9.17) is 26.1 Å². The van der Waals surface area contributed by atoms with Crippen molar-refractivity contribution in [1.29, 1.82) is 0 Å². The Labute approximate surface area is 272 Å². The first-order valence-electron chi connectivity index (χ1n) is 15.2. The minimum absolute atomic E-state index is 0.0872. The molecule has 0 bridgehead atoms. The second-order valence-corrected chi connectivity index (χ2v) is 13.1. The first-order chi connectivity index (χ1) is 22.1. The van der Waals surface area contributed by atoms with Crippen molar-refractivity contribution in [2.45, 2.75) is 64.3 Å². The molecule has 0 aliphatic carbocycles. The average Bonchev–Trinajstić information content (AvgIpc) is 3.60. The number of carbonyl (C=O) groups is 2. The summed E-state index contributed by atoms with van der Waals surface area (Å²) in [4.78, 5) is 52.3. The molecule has 0 unspecified atom stereocenters. The molecule has 1 N–H and O–H groups in total. The van der Waals surface area contributed by atoms with E-state index in [-0.39, 0.29) is 23.8 Å². The van der Waals surface area contributed by atoms with Crippen molar-refractivity contribution < 1.29 is 32.2 Å². The van der Waals surface area contributed by atoms with Crippen LogP contribution in [0.2, 0.25) is 5.15 Å². The molecule has 3 aromatic heterocycles. The van der Waals surface area contributed by atoms with Gasteiger partial charge in [-0.05, 0) is 51.3 Å². The van der Waals surface area contributed by atoms with Crippen LogP contribution in [0.3, 0.4) is 0 Å². The highest BCUT2D eigenvalue weighted by Gasteiger charge is 2.41. The molecule has 13 nitrogen and oxygen atoms in total. The number of rotatable bonds is 4. The van der Waals surface area contributed by atoms with Gasteiger partial charge in [0.25, 0.3) is 5.56 Å². The average molecular weight is 679 g/mol. The fraction of sp³-hybridized carbons (Fsp3) is 0.533. The number of ether oxygens (including phenoxy) is 2. The number of piperazine rings is 1. The van der Waals surface area contributed by atoms with Crippen molar-refractivity contribution in [3.8, 4) is 0 Å². The predicted octanol–water partition coefficient (Wildman–Crippen LogP) is 4.51. The Morgan fingerprint density at radius 3 is 2.45 bits per heavy atom. The number of amides is 2. The SMILES string of the molecule is C[C@@H]1C[C@H](C(=O)Nc2ccc(C(F)(F)F)nc2Cl)n2c1c(N1CCN(C(=O)OC(C)(C)C)CC1)c(=O)n1nc(C3=CCOCC3)nc21. The Balaban J connectivity index is 1.39. The Hall–Kier alpha value is -4.18. The summed E-state index contributed by atoms with van der Waals surface area (Å²) in [5.74, 6) is -0.378. The van der Waals surface area contributed by atoms with Gasteiger partial charge in [0.05, 0.1) is 24.6 Å². The van der Waals surface area contributed by atoms with E-state index >= 15 is 0 Å². The first kappa shape index (κ1) is 32.7. The van der Waals surface area contributed by atoms with Crippen LogP contribution in [0.5, 0.6) is 0 Å². The summed E-state index contributed by atoms with van der Waals surface area (Å²) in [6.07, 6.45) is -2.50. The van der Waals surface area contributed by atoms with Gasteiger partial charge in [0.15, 0.2) is 11.0 Å². The number of hydrogen-bond acceptors (Lipinski definition) is 9. The molecular formula is C30H34ClF3N8O5. The fourth-order valence-corrected chi connectivity index (χ4v) is 6.29. The normalized spacial score (nSPS) is 20.3. The molecule has 2 atom stereocenters. The van der Waals surface area contributed by atoms with Gasteiger partial charge < -0.3 is 24.6 Å². The number of carbonyl (C=O) groups excluding carboxylic acids is 2. The lowest BCUT2D eigenvalue weighted by atomic mass is 10.0. The molecule has 6 heterocycles. The van der Waals surface area contributed by atoms with Gasteiger partial charge >= 0.3 is 12.3 Å². The van der Waals surface area contributed by atoms with Crippen molar-refractivity contribution >= 4 is 46.3 Å². The van der Waals surface area contributed by atoms with Crippen LogP contribution in [-0.4, -0.2) is 86.0 Å². The van der Waals surface area contributed by atoms with E-state index in [1.807, 2.05) is 17.9 Å². The number of halogens is 4. The zero-order chi connectivity index (χ0) is 33.8. The lowest BCUT2D eigenvalue weighted by Gasteiger charge is -2.37. The molecule has 2 amide bonds. The molecule has 0 spiro atoms. The Kier molecular flexibility index (Phi) is 8.45. The summed E-state index contributed by atoms with van der Waals surface area (Å²) >= 11 is 6.06. The predicted molar refractivity (Wildman–Crippen MR) is 166 cm³/mol. The lowest BCUT2D eigenvalue weighted by Crippen LogP contribution is -2.51. The molecule has 0 aromatic carbocycles. The van der Waals surface area contributed by atoms with Gasteiger partial charge in [-0.15, -0.1) is 5.10 Å². The van der Waals surface area contributed by atoms with Gasteiger partial charge in [-0.1, -0.05) is 24.6 Å². The summed E-state index contributed by atoms with van der Waals surface area (Å²) < 4.78 is 53.3. The number of nitrogens with one attached hydrogen (secondary N) is 1. The van der Waals surface area contributed by atoms with Gasteiger partial charge in [-0.2, -0.15) is 22.7 Å². The van der Waals surface area contributed by atoms with Gasteiger partial charge in [0, 0.05) is 32.1 Å². The third-order valence-electron chi connectivity index (χ3n) is 8.26. The number of fused-ring (bicyclic) bond motifs is 3. The third-order valence-corrected chi connectivity index (χ3v) is 8.54. The number of aromatic nitrogens is 5. The van der Waals surface area contributed by atoms with Gasteiger partial charge in [-0.25, -0.2) is 9.78 Å². The molecule has 3 aromatic rings. The molecule has 3 aliphatic heterocycles. The maximum absolute atomic E-state index is 14.2. The minimum atomic E-state index is -4.70. The summed E-state index contributed by atoms with van der Waals surface area (Å²) in [5, 5.41) is 6.68. The van der Waals surface area contributed by atoms with E-state index in [1.54, 1.807) is 30.2 Å². The van der Waals surface area contributed by atoms with E-state index in [0.29, 0.717) is 63.0 Å². The zero-order valence-electron chi connectivity index (χ0n) is 26.2. The van der Waals surface area contributed by atoms with Crippen LogP contribution >= 0.6 is 11.6 Å². The lowest BCUT2D eigenvalue weighted by molar-refractivity contribution is -0.141. The van der Waals surface area contributed by atoms with Crippen molar-refractivity contribution in [3.63, 3.8) is 0 Å². The van der Waals surface area contributed by atoms with Gasteiger partial charge in [-0.3, -0.25) is 14.2 Å². The summed E-state index contributed by atoms with van der Waals surface area (Å²) in [5.41, 5.74) is -0.622. The van der Waals surface area contributed by atoms with Crippen LogP contribution in [0.25, 0.3) is 11.4 Å². The van der Waals surface area contributed by atoms with E-state index in [9.17, 15) is 27.6 Å². The molecule has 252 valence electrons. The Morgan fingerprint density at radius 1 is 1.11 bits per heavy atom. The van der Waals surface area contributed by atoms with Gasteiger partial charge in [0.1, 0.15) is 23.0 Å². The molecule has 0 radical (unpaired) electrons. The molecule has 0 saturated carbocycles. The van der Waals surface area contributed by atoms with Crippen LogP contribution in [0.15, 0.2) is 23.0 Å². The number of hydrogen-bond donors (Lipinski definition) is 1. The van der Waals surface area contributed by atoms with Crippen molar-refractivity contribution in [3.05, 3.63) is 50.9 Å². The van der Waals surface area contributed by atoms with E-state index in [0.717, 1.165) is 17.7 Å². The van der Waals surface area contributed by atoms with E-state index in [1.165, 1.54) is 4.52 Å². The number of alkyl halides is 3. The standard InChI is InChI=1S/C30H34ClF3N8O5/c1-16-15-19(25(43)35-18-5-6-20(30(32,33)34)36-23(18)31)41-21(16)22(39-9-11-40(12-10-39)28(45)47-29(2,3)4)26(44)42-27(41)37-24(38-42)17-7-13-46-14-8-17/h5-7,16,19H,8-15H2,1-4H3,(H,35,43)/t16-,19-/m1/s1. The second-order valence-electron chi connectivity index (χ2n) is 12.7. The van der Waals surface area contributed by atoms with Crippen LogP contribution in [0, 0.1) is 0 Å². The molecular weight excluding hydrogens is 645 g/mol. The third kappa shape index (κ3) is 6.40. The van der Waals surface area contributed by atoms with E-state index in [2.05, 4.69) is 15.4 Å². The fourth-order valence-electron chi connectivity index (χ4n) is 6.09. The largest absolute Gasteiger partial charge is 0.444 e. The van der Waals surface area contributed by atoms with Crippen molar-refractivity contribution in [2.75, 3.05) is 49.6 Å². The molecule has 17 heteroatoms. The highest BCUT2D eigenvalue weighted by atomic mass is 35.5. The molecule has 47 heavy (non-hydrogen) atoms. The quantitative estimate of drug-likeness (QED) is 0.396. The highest BCUT2D eigenvalue weighted by Crippen LogP contribution is 2.42. The topological polar surface area (TPSA) is 136 Å². The molecule has 3 aliphatic rings. The van der Waals surface area contributed by atoms with Crippen molar-refractivity contribution in [2.24, 2.45) is 0 Å². The Morgan fingerprint density at radius 2 is 1.83 bits per heavy atom. The zero-order valence-corrected chi connectivity index (χ0v) is 27.0. The molecule has 1 saturated heterocycles. The van der Waals surface area contributed by atoms with Crippen LogP contribution in [-0.2, 0) is 20.4 Å². The number of nitrogens with zero attached hydrogens (tertiary/aromatic N) is 7.